The molecule has 1 unspecified atom stereocenters. The molecule has 5 heteroatoms. The van der Waals surface area contributed by atoms with Gasteiger partial charge in [-0.25, -0.2) is 8.78 Å². The first kappa shape index (κ1) is 15.0. The van der Waals surface area contributed by atoms with E-state index >= 15 is 0 Å². The number of aliphatic hydroxyl groups is 1. The van der Waals surface area contributed by atoms with Crippen LogP contribution in [0.2, 0.25) is 10.0 Å². The van der Waals surface area contributed by atoms with E-state index in [1.165, 1.54) is 0 Å². The van der Waals surface area contributed by atoms with Crippen LogP contribution in [-0.4, -0.2) is 17.1 Å². The van der Waals surface area contributed by atoms with E-state index in [0.717, 1.165) is 5.56 Å². The molecule has 1 N–H and O–H groups in total. The maximum Gasteiger partial charge on any atom is 0.248 e. The van der Waals surface area contributed by atoms with E-state index < -0.39 is 12.0 Å². The average molecular weight is 309 g/mol. The van der Waals surface area contributed by atoms with Crippen molar-refractivity contribution in [1.82, 2.24) is 0 Å². The van der Waals surface area contributed by atoms with Crippen LogP contribution in [0.15, 0.2) is 18.2 Å². The second-order valence-electron chi connectivity index (χ2n) is 5.18. The predicted octanol–water partition coefficient (Wildman–Crippen LogP) is 4.72. The third-order valence-corrected chi connectivity index (χ3v) is 4.62. The molecule has 0 spiro atoms. The minimum atomic E-state index is -2.57. The number of hydrogen-bond donors (Lipinski definition) is 1. The largest absolute Gasteiger partial charge is 0.392 e. The first-order valence-corrected chi connectivity index (χ1v) is 7.13. The van der Waals surface area contributed by atoms with Gasteiger partial charge in [-0.1, -0.05) is 35.3 Å². The third kappa shape index (κ3) is 3.80. The fraction of sp³-hybridized carbons (Fsp3) is 0.571. The molecule has 1 aliphatic rings. The molecule has 19 heavy (non-hydrogen) atoms. The van der Waals surface area contributed by atoms with Crippen molar-refractivity contribution in [2.45, 2.75) is 44.1 Å². The van der Waals surface area contributed by atoms with E-state index in [0.29, 0.717) is 29.3 Å². The van der Waals surface area contributed by atoms with Crippen LogP contribution in [0.1, 0.15) is 31.2 Å². The highest BCUT2D eigenvalue weighted by molar-refractivity contribution is 6.42. The minimum absolute atomic E-state index is 0.0883. The summed E-state index contributed by atoms with van der Waals surface area (Å²) in [6, 6.07) is 5.25. The van der Waals surface area contributed by atoms with Gasteiger partial charge in [-0.15, -0.1) is 0 Å². The van der Waals surface area contributed by atoms with Crippen LogP contribution in [0.3, 0.4) is 0 Å². The highest BCUT2D eigenvalue weighted by Gasteiger charge is 2.37. The highest BCUT2D eigenvalue weighted by atomic mass is 35.5. The smallest absolute Gasteiger partial charge is 0.248 e. The molecule has 2 rings (SSSR count). The summed E-state index contributed by atoms with van der Waals surface area (Å²) in [6.45, 7) is 0. The van der Waals surface area contributed by atoms with Crippen LogP contribution in [-0.2, 0) is 6.42 Å². The van der Waals surface area contributed by atoms with Gasteiger partial charge in [0.05, 0.1) is 16.1 Å². The predicted molar refractivity (Wildman–Crippen MR) is 73.1 cm³/mol. The lowest BCUT2D eigenvalue weighted by molar-refractivity contribution is -0.0619. The van der Waals surface area contributed by atoms with E-state index in [-0.39, 0.29) is 18.8 Å². The quantitative estimate of drug-likeness (QED) is 0.856. The van der Waals surface area contributed by atoms with Gasteiger partial charge in [0.25, 0.3) is 0 Å². The monoisotopic (exact) mass is 308 g/mol. The molecule has 0 bridgehead atoms. The summed E-state index contributed by atoms with van der Waals surface area (Å²) in [5.74, 6) is -2.65. The SMILES string of the molecule is OC(Cc1cccc(Cl)c1Cl)C1CCC(F)(F)CC1. The summed E-state index contributed by atoms with van der Waals surface area (Å²) >= 11 is 12.0. The van der Waals surface area contributed by atoms with Gasteiger partial charge in [0, 0.05) is 19.3 Å². The Bertz CT molecular complexity index is 441. The molecule has 1 fully saturated rings. The van der Waals surface area contributed by atoms with E-state index in [9.17, 15) is 13.9 Å². The molecule has 0 heterocycles. The Balaban J connectivity index is 1.98. The molecule has 0 aliphatic heterocycles. The van der Waals surface area contributed by atoms with Crippen molar-refractivity contribution in [2.75, 3.05) is 0 Å². The maximum absolute atomic E-state index is 13.1. The number of alkyl halides is 2. The van der Waals surface area contributed by atoms with Crippen molar-refractivity contribution in [3.05, 3.63) is 33.8 Å². The summed E-state index contributed by atoms with van der Waals surface area (Å²) in [5.41, 5.74) is 0.763. The molecule has 0 radical (unpaired) electrons. The third-order valence-electron chi connectivity index (χ3n) is 3.77. The minimum Gasteiger partial charge on any atom is -0.392 e. The number of benzene rings is 1. The van der Waals surface area contributed by atoms with Crippen molar-refractivity contribution in [1.29, 1.82) is 0 Å². The molecule has 1 aromatic rings. The Labute approximate surface area is 121 Å². The molecule has 0 aromatic heterocycles. The lowest BCUT2D eigenvalue weighted by atomic mass is 9.81. The van der Waals surface area contributed by atoms with Crippen LogP contribution >= 0.6 is 23.2 Å². The fourth-order valence-electron chi connectivity index (χ4n) is 2.55. The highest BCUT2D eigenvalue weighted by Crippen LogP contribution is 2.38. The van der Waals surface area contributed by atoms with Crippen molar-refractivity contribution >= 4 is 23.2 Å². The Hall–Kier alpha value is -0.380. The van der Waals surface area contributed by atoms with E-state index in [1.807, 2.05) is 0 Å². The summed E-state index contributed by atoms with van der Waals surface area (Å²) in [4.78, 5) is 0. The Morgan fingerprint density at radius 2 is 1.89 bits per heavy atom. The molecule has 1 nitrogen and oxygen atoms in total. The number of halogens is 4. The van der Waals surface area contributed by atoms with Gasteiger partial charge >= 0.3 is 0 Å². The van der Waals surface area contributed by atoms with Gasteiger partial charge in [-0.2, -0.15) is 0 Å². The van der Waals surface area contributed by atoms with Crippen LogP contribution in [0.25, 0.3) is 0 Å². The molecule has 1 aromatic carbocycles. The second kappa shape index (κ2) is 5.94. The van der Waals surface area contributed by atoms with Crippen molar-refractivity contribution in [3.8, 4) is 0 Å². The van der Waals surface area contributed by atoms with Crippen molar-refractivity contribution < 1.29 is 13.9 Å². The van der Waals surface area contributed by atoms with E-state index in [4.69, 9.17) is 23.2 Å². The standard InChI is InChI=1S/C14H16Cl2F2O/c15-11-3-1-2-10(13(11)16)8-12(19)9-4-6-14(17,18)7-5-9/h1-3,9,12,19H,4-8H2. The van der Waals surface area contributed by atoms with Gasteiger partial charge in [0.2, 0.25) is 5.92 Å². The molecular weight excluding hydrogens is 293 g/mol. The molecule has 0 amide bonds. The first-order valence-electron chi connectivity index (χ1n) is 6.38. The Morgan fingerprint density at radius 1 is 1.26 bits per heavy atom. The molecule has 1 aliphatic carbocycles. The molecule has 106 valence electrons. The van der Waals surface area contributed by atoms with Crippen LogP contribution < -0.4 is 0 Å². The van der Waals surface area contributed by atoms with E-state index in [2.05, 4.69) is 0 Å². The number of aliphatic hydroxyl groups excluding tert-OH is 1. The normalized spacial score (nSPS) is 21.3. The van der Waals surface area contributed by atoms with Crippen molar-refractivity contribution in [3.63, 3.8) is 0 Å². The van der Waals surface area contributed by atoms with E-state index in [1.54, 1.807) is 18.2 Å². The lowest BCUT2D eigenvalue weighted by Gasteiger charge is -2.31. The Morgan fingerprint density at radius 3 is 2.53 bits per heavy atom. The Kier molecular flexibility index (Phi) is 4.70. The summed E-state index contributed by atoms with van der Waals surface area (Å²) in [5, 5.41) is 11.0. The zero-order valence-corrected chi connectivity index (χ0v) is 11.9. The first-order chi connectivity index (χ1) is 8.89. The van der Waals surface area contributed by atoms with Crippen LogP contribution in [0, 0.1) is 5.92 Å². The van der Waals surface area contributed by atoms with Gasteiger partial charge < -0.3 is 5.11 Å². The summed E-state index contributed by atoms with van der Waals surface area (Å²) in [6.07, 6.45) is 0.136. The topological polar surface area (TPSA) is 20.2 Å². The van der Waals surface area contributed by atoms with Gasteiger partial charge in [0.15, 0.2) is 0 Å². The van der Waals surface area contributed by atoms with Gasteiger partial charge in [0.1, 0.15) is 0 Å². The van der Waals surface area contributed by atoms with Crippen molar-refractivity contribution in [2.24, 2.45) is 5.92 Å². The number of rotatable bonds is 3. The zero-order chi connectivity index (χ0) is 14.0. The average Bonchev–Trinajstić information content (AvgIpc) is 2.35. The van der Waals surface area contributed by atoms with Gasteiger partial charge in [-0.05, 0) is 30.4 Å². The molecule has 0 saturated heterocycles. The lowest BCUT2D eigenvalue weighted by Crippen LogP contribution is -2.32. The second-order valence-corrected chi connectivity index (χ2v) is 5.96. The summed E-state index contributed by atoms with van der Waals surface area (Å²) in [7, 11) is 0. The molecule has 1 saturated carbocycles. The van der Waals surface area contributed by atoms with Gasteiger partial charge in [-0.3, -0.25) is 0 Å². The van der Waals surface area contributed by atoms with Crippen LogP contribution in [0.4, 0.5) is 8.78 Å². The molecule has 1 atom stereocenters. The number of hydrogen-bond acceptors (Lipinski definition) is 1. The maximum atomic E-state index is 13.1. The van der Waals surface area contributed by atoms with Crippen LogP contribution in [0.5, 0.6) is 0 Å². The zero-order valence-electron chi connectivity index (χ0n) is 10.4. The fourth-order valence-corrected chi connectivity index (χ4v) is 2.94. The summed E-state index contributed by atoms with van der Waals surface area (Å²) < 4.78 is 26.1. The molecular formula is C14H16Cl2F2O.